The van der Waals surface area contributed by atoms with Crippen molar-refractivity contribution in [3.8, 4) is 33.4 Å². The van der Waals surface area contributed by atoms with Crippen molar-refractivity contribution < 1.29 is 55.7 Å². The van der Waals surface area contributed by atoms with Crippen molar-refractivity contribution in [3.05, 3.63) is 193 Å². The van der Waals surface area contributed by atoms with E-state index in [1.807, 2.05) is 107 Å². The number of alkyl halides is 3. The van der Waals surface area contributed by atoms with Crippen LogP contribution in [0.25, 0.3) is 83.0 Å². The number of ether oxygens (including phenoxy) is 1. The zero-order valence-electron chi connectivity index (χ0n) is 56.0. The lowest BCUT2D eigenvalue weighted by atomic mass is 9.92. The van der Waals surface area contributed by atoms with E-state index >= 15 is 17.6 Å². The predicted molar refractivity (Wildman–Crippen MR) is 365 cm³/mol. The third-order valence-electron chi connectivity index (χ3n) is 17.7. The van der Waals surface area contributed by atoms with Gasteiger partial charge in [0.15, 0.2) is 17.0 Å². The molecule has 0 aliphatic carbocycles. The van der Waals surface area contributed by atoms with Crippen molar-refractivity contribution in [3.63, 3.8) is 0 Å². The fourth-order valence-corrected chi connectivity index (χ4v) is 12.5. The second kappa shape index (κ2) is 28.6. The molecule has 15 rings (SSSR count). The molecule has 0 unspecified atom stereocenters. The smallest absolute Gasteiger partial charge is 0.410 e. The summed E-state index contributed by atoms with van der Waals surface area (Å²) >= 11 is 0. The normalized spacial score (nSPS) is 15.8. The quantitative estimate of drug-likeness (QED) is 0.0666. The number of aryl methyl sites for hydroxylation is 3. The Morgan fingerprint density at radius 3 is 1.11 bits per heavy atom. The molecule has 0 radical (unpaired) electrons. The fraction of sp³-hybridized carbons (Fsp3) is 0.324. The number of hydrogen-bond acceptors (Lipinski definition) is 15. The van der Waals surface area contributed by atoms with Crippen molar-refractivity contribution >= 4 is 68.7 Å². The van der Waals surface area contributed by atoms with Crippen LogP contribution >= 0.6 is 0 Å². The van der Waals surface area contributed by atoms with E-state index < -0.39 is 62.8 Å². The Morgan fingerprint density at radius 2 is 0.792 bits per heavy atom. The molecule has 30 heteroatoms. The van der Waals surface area contributed by atoms with Crippen LogP contribution in [0.3, 0.4) is 0 Å². The molecule has 12 aromatic rings. The highest BCUT2D eigenvalue weighted by Gasteiger charge is 2.42. The number of aromatic nitrogens is 12. The van der Waals surface area contributed by atoms with Gasteiger partial charge in [-0.25, -0.2) is 61.0 Å². The Kier molecular flexibility index (Phi) is 20.2. The lowest BCUT2D eigenvalue weighted by Crippen LogP contribution is -2.46. The first-order chi connectivity index (χ1) is 48.0. The predicted octanol–water partition coefficient (Wildman–Crippen LogP) is 11.1. The zero-order valence-corrected chi connectivity index (χ0v) is 56.0. The van der Waals surface area contributed by atoms with Gasteiger partial charge >= 0.3 is 6.09 Å². The third kappa shape index (κ3) is 15.4. The van der Waals surface area contributed by atoms with Gasteiger partial charge in [-0.3, -0.25) is 24.0 Å². The highest BCUT2D eigenvalue weighted by atomic mass is 19.2. The second-order valence-electron chi connectivity index (χ2n) is 26.1. The van der Waals surface area contributed by atoms with Gasteiger partial charge in [0, 0.05) is 102 Å². The highest BCUT2D eigenvalue weighted by molar-refractivity contribution is 5.87. The minimum absolute atomic E-state index is 0.0328. The highest BCUT2D eigenvalue weighted by Crippen LogP contribution is 2.39. The van der Waals surface area contributed by atoms with Crippen LogP contribution in [0.15, 0.2) is 124 Å². The van der Waals surface area contributed by atoms with E-state index in [0.717, 1.165) is 45.2 Å². The van der Waals surface area contributed by atoms with Crippen LogP contribution in [0, 0.1) is 38.2 Å². The number of piperidine rings is 3. The number of imidazole rings is 3. The summed E-state index contributed by atoms with van der Waals surface area (Å²) in [5, 5.41) is 17.1. The summed E-state index contributed by atoms with van der Waals surface area (Å²) in [6.07, 6.45) is 11.2. The maximum absolute atomic E-state index is 15.9. The monoisotopic (exact) mass is 1390 g/mol. The first-order valence-electron chi connectivity index (χ1n) is 32.2. The van der Waals surface area contributed by atoms with E-state index in [1.54, 1.807) is 51.2 Å². The van der Waals surface area contributed by atoms with Gasteiger partial charge in [0.25, 0.3) is 29.6 Å². The molecule has 12 heterocycles. The molecule has 3 aromatic carbocycles. The Balaban J connectivity index is 0.000000147. The first kappa shape index (κ1) is 71.2. The zero-order chi connectivity index (χ0) is 72.5. The minimum atomic E-state index is -2.00. The standard InChI is InChI=1S/C26H27F2N5O3.C22H21F2N5O.C21H19F2N5O.2CH2O2/c1-15-13-33-14-16(5-6-20(33)29-15)17-11-18-21(19(27)12-17)30-23(31-22(18)34)26(28)7-9-32(10-8-26)24(35)36-25(2,3)4;1-13-11-29-12-14(3-4-18(29)25-13)15-9-16-19(17(23)10-15)26-21(27-20(16)30)22(24)5-7-28(2)8-6-22;1-12-10-28-11-13(2-3-17(28)25-12)14-8-15-18(16(22)9-14)26-20(27-19(15)29)21(23)4-6-24-7-5-21;2*2-1-3/h5-6,11-14H,7-10H2,1-4H3,(H,30,31,34);3-4,9-12H,5-8H2,1-2H3,(H,26,27,30);2-3,8-11,24H,4-7H2,1H3,(H,26,27,29);2*1H,(H,2,3). The average molecular weight is 1390 g/mol. The van der Waals surface area contributed by atoms with Gasteiger partial charge in [0.1, 0.15) is 74.0 Å². The van der Waals surface area contributed by atoms with Gasteiger partial charge in [-0.1, -0.05) is 0 Å². The van der Waals surface area contributed by atoms with E-state index in [9.17, 15) is 28.0 Å². The van der Waals surface area contributed by atoms with Crippen LogP contribution in [-0.4, -0.2) is 149 Å². The summed E-state index contributed by atoms with van der Waals surface area (Å²) in [5.74, 6) is -2.43. The molecule has 24 nitrogen and oxygen atoms in total. The Morgan fingerprint density at radius 1 is 0.485 bits per heavy atom. The SMILES string of the molecule is Cc1cn2cc(-c3cc(F)c4nc(C5(F)CCN(C(=O)OC(C)(C)C)CC5)[nH]c(=O)c4c3)ccc2n1.Cc1cn2cc(-c3cc(F)c4nc(C5(F)CCN(C)CC5)[nH]c(=O)c4c3)ccc2n1.Cc1cn2cc(-c3cc(F)c4nc(C5(F)CCNCC5)[nH]c(=O)c4c3)ccc2n1.O=CO.O=CO. The molecule has 0 bridgehead atoms. The molecule has 526 valence electrons. The van der Waals surface area contributed by atoms with Gasteiger partial charge in [-0.05, 0) is 168 Å². The number of carbonyl (C=O) groups excluding carboxylic acids is 1. The molecule has 3 fully saturated rings. The summed E-state index contributed by atoms with van der Waals surface area (Å²) in [6.45, 7) is 12.7. The van der Waals surface area contributed by atoms with Gasteiger partial charge in [0.05, 0.1) is 33.2 Å². The van der Waals surface area contributed by atoms with E-state index in [4.69, 9.17) is 24.5 Å². The minimum Gasteiger partial charge on any atom is -0.483 e. The van der Waals surface area contributed by atoms with E-state index in [0.29, 0.717) is 48.4 Å². The Hall–Kier alpha value is -11.1. The third-order valence-corrected chi connectivity index (χ3v) is 17.7. The van der Waals surface area contributed by atoms with Crippen molar-refractivity contribution in [1.29, 1.82) is 0 Å². The number of H-pyrrole nitrogens is 3. The largest absolute Gasteiger partial charge is 0.483 e. The molecule has 3 aliphatic rings. The summed E-state index contributed by atoms with van der Waals surface area (Å²) in [5.41, 5.74) is 0.398. The van der Waals surface area contributed by atoms with E-state index in [-0.39, 0.29) is 115 Å². The van der Waals surface area contributed by atoms with Crippen molar-refractivity contribution in [1.82, 2.24) is 73.2 Å². The summed E-state index contributed by atoms with van der Waals surface area (Å²) < 4.78 is 103. The second-order valence-corrected chi connectivity index (χ2v) is 26.1. The molecule has 101 heavy (non-hydrogen) atoms. The van der Waals surface area contributed by atoms with Crippen LogP contribution < -0.4 is 22.0 Å². The molecule has 6 N–H and O–H groups in total. The number of benzene rings is 3. The number of halogens is 6. The van der Waals surface area contributed by atoms with Crippen LogP contribution in [-0.2, 0) is 31.3 Å². The number of hydrogen-bond donors (Lipinski definition) is 6. The summed E-state index contributed by atoms with van der Waals surface area (Å²) in [4.78, 5) is 104. The molecule has 0 saturated carbocycles. The van der Waals surface area contributed by atoms with E-state index in [1.165, 1.54) is 23.1 Å². The van der Waals surface area contributed by atoms with Gasteiger partial charge in [-0.15, -0.1) is 0 Å². The number of carboxylic acid groups (broad SMARTS) is 2. The number of rotatable bonds is 6. The molecule has 0 spiro atoms. The van der Waals surface area contributed by atoms with Crippen LogP contribution in [0.4, 0.5) is 31.1 Å². The number of amides is 1. The van der Waals surface area contributed by atoms with Crippen molar-refractivity contribution in [2.45, 2.75) is 103 Å². The summed E-state index contributed by atoms with van der Waals surface area (Å²) in [6, 6.07) is 19.6. The molecule has 9 aromatic heterocycles. The topological polar surface area (TPSA) is 309 Å². The number of carbonyl (C=O) groups is 3. The Bertz CT molecular complexity index is 5330. The number of fused-ring (bicyclic) bond motifs is 6. The molecular formula is C71H71F6N15O9. The lowest BCUT2D eigenvalue weighted by Gasteiger charge is -2.36. The van der Waals surface area contributed by atoms with Gasteiger partial charge in [0.2, 0.25) is 0 Å². The molecule has 1 amide bonds. The van der Waals surface area contributed by atoms with E-state index in [2.05, 4.69) is 50.2 Å². The van der Waals surface area contributed by atoms with Gasteiger partial charge < -0.3 is 58.2 Å². The maximum Gasteiger partial charge on any atom is 0.410 e. The number of pyridine rings is 3. The number of nitrogens with one attached hydrogen (secondary N) is 4. The fourth-order valence-electron chi connectivity index (χ4n) is 12.5. The van der Waals surface area contributed by atoms with Crippen LogP contribution in [0.2, 0.25) is 0 Å². The van der Waals surface area contributed by atoms with Crippen LogP contribution in [0.1, 0.15) is 93.9 Å². The number of likely N-dealkylation sites (tertiary alicyclic amines) is 2. The number of aromatic amines is 3. The van der Waals surface area contributed by atoms with Crippen LogP contribution in [0.5, 0.6) is 0 Å². The molecule has 3 aliphatic heterocycles. The van der Waals surface area contributed by atoms with Crippen molar-refractivity contribution in [2.24, 2.45) is 0 Å². The molecule has 0 atom stereocenters. The first-order valence-corrected chi connectivity index (χ1v) is 32.2. The Labute approximate surface area is 570 Å². The molecule has 3 saturated heterocycles. The average Bonchev–Trinajstić information content (AvgIpc) is 1.35. The molecular weight excluding hydrogens is 1320 g/mol. The maximum atomic E-state index is 15.9. The summed E-state index contributed by atoms with van der Waals surface area (Å²) in [7, 11) is 1.92. The van der Waals surface area contributed by atoms with Crippen molar-refractivity contribution in [2.75, 3.05) is 46.3 Å². The van der Waals surface area contributed by atoms with Gasteiger partial charge in [-0.2, -0.15) is 0 Å². The lowest BCUT2D eigenvalue weighted by molar-refractivity contribution is -0.123. The number of nitrogens with zero attached hydrogens (tertiary/aromatic N) is 11.